The number of benzene rings is 2. The largest absolute Gasteiger partial charge is 0.497 e. The number of carbonyl (C=O) groups is 2. The Kier molecular flexibility index (Phi) is 7.07. The summed E-state index contributed by atoms with van der Waals surface area (Å²) in [4.78, 5) is 24.7. The van der Waals surface area contributed by atoms with Crippen LogP contribution in [0.1, 0.15) is 39.3 Å². The van der Waals surface area contributed by atoms with E-state index in [2.05, 4.69) is 16.7 Å². The van der Waals surface area contributed by atoms with Gasteiger partial charge in [0.1, 0.15) is 5.75 Å². The predicted molar refractivity (Wildman–Crippen MR) is 116 cm³/mol. The molecule has 0 saturated carbocycles. The van der Waals surface area contributed by atoms with Gasteiger partial charge in [0, 0.05) is 29.9 Å². The summed E-state index contributed by atoms with van der Waals surface area (Å²) in [6.45, 7) is 4.37. The Morgan fingerprint density at radius 2 is 1.63 bits per heavy atom. The lowest BCUT2D eigenvalue weighted by Crippen LogP contribution is -2.15. The molecule has 0 aliphatic rings. The highest BCUT2D eigenvalue weighted by molar-refractivity contribution is 5.99. The van der Waals surface area contributed by atoms with Crippen LogP contribution in [0.5, 0.6) is 5.75 Å². The SMILES string of the molecule is COc1ccc(CCC(=O)OCC(=O)c2cc(C)n(Cc3ccccc3)c2C)cc1. The minimum atomic E-state index is -0.378. The third-order valence-electron chi connectivity index (χ3n) is 5.20. The van der Waals surface area contributed by atoms with Crippen molar-refractivity contribution < 1.29 is 19.1 Å². The lowest BCUT2D eigenvalue weighted by atomic mass is 10.1. The second kappa shape index (κ2) is 9.92. The van der Waals surface area contributed by atoms with Gasteiger partial charge in [-0.3, -0.25) is 9.59 Å². The van der Waals surface area contributed by atoms with Gasteiger partial charge in [-0.25, -0.2) is 0 Å². The molecule has 0 fully saturated rings. The smallest absolute Gasteiger partial charge is 0.306 e. The molecule has 3 aromatic rings. The zero-order valence-corrected chi connectivity index (χ0v) is 17.7. The molecule has 1 heterocycles. The van der Waals surface area contributed by atoms with Crippen molar-refractivity contribution in [2.24, 2.45) is 0 Å². The zero-order chi connectivity index (χ0) is 21.5. The van der Waals surface area contributed by atoms with Gasteiger partial charge in [0.15, 0.2) is 6.61 Å². The molecule has 2 aromatic carbocycles. The molecule has 0 saturated heterocycles. The van der Waals surface area contributed by atoms with Crippen LogP contribution in [0.25, 0.3) is 0 Å². The van der Waals surface area contributed by atoms with E-state index >= 15 is 0 Å². The van der Waals surface area contributed by atoms with Gasteiger partial charge in [0.05, 0.1) is 7.11 Å². The Morgan fingerprint density at radius 1 is 0.933 bits per heavy atom. The molecular formula is C25H27NO4. The molecule has 0 N–H and O–H groups in total. The molecule has 0 aliphatic carbocycles. The van der Waals surface area contributed by atoms with E-state index in [0.29, 0.717) is 18.5 Å². The Morgan fingerprint density at radius 3 is 2.30 bits per heavy atom. The third-order valence-corrected chi connectivity index (χ3v) is 5.20. The first-order valence-electron chi connectivity index (χ1n) is 10.0. The van der Waals surface area contributed by atoms with E-state index < -0.39 is 0 Å². The van der Waals surface area contributed by atoms with Crippen LogP contribution in [-0.2, 0) is 22.5 Å². The van der Waals surface area contributed by atoms with Crippen molar-refractivity contribution in [2.45, 2.75) is 33.2 Å². The summed E-state index contributed by atoms with van der Waals surface area (Å²) in [6, 6.07) is 19.5. The number of hydrogen-bond acceptors (Lipinski definition) is 4. The average molecular weight is 405 g/mol. The number of ether oxygens (including phenoxy) is 2. The maximum Gasteiger partial charge on any atom is 0.306 e. The minimum absolute atomic E-state index is 0.180. The van der Waals surface area contributed by atoms with Gasteiger partial charge in [-0.15, -0.1) is 0 Å². The standard InChI is InChI=1S/C25H27NO4/c1-18-15-23(19(2)26(18)16-21-7-5-4-6-8-21)24(27)17-30-25(28)14-11-20-9-12-22(29-3)13-10-20/h4-10,12-13,15H,11,14,16-17H2,1-3H3. The summed E-state index contributed by atoms with van der Waals surface area (Å²) in [6.07, 6.45) is 0.787. The molecule has 0 bridgehead atoms. The number of esters is 1. The third kappa shape index (κ3) is 5.38. The second-order valence-corrected chi connectivity index (χ2v) is 7.29. The maximum absolute atomic E-state index is 12.6. The fourth-order valence-corrected chi connectivity index (χ4v) is 3.43. The fourth-order valence-electron chi connectivity index (χ4n) is 3.43. The summed E-state index contributed by atoms with van der Waals surface area (Å²) in [5.41, 5.74) is 4.68. The van der Waals surface area contributed by atoms with Crippen molar-refractivity contribution in [3.05, 3.63) is 88.7 Å². The molecule has 3 rings (SSSR count). The molecule has 0 radical (unpaired) electrons. The Balaban J connectivity index is 1.54. The lowest BCUT2D eigenvalue weighted by Gasteiger charge is -2.10. The number of ketones is 1. The van der Waals surface area contributed by atoms with Crippen molar-refractivity contribution in [1.29, 1.82) is 0 Å². The normalized spacial score (nSPS) is 10.6. The molecule has 1 aromatic heterocycles. The number of Topliss-reactive ketones (excluding diaryl/α,β-unsaturated/α-hetero) is 1. The van der Waals surface area contributed by atoms with Crippen LogP contribution in [0.15, 0.2) is 60.7 Å². The van der Waals surface area contributed by atoms with Gasteiger partial charge in [-0.05, 0) is 49.6 Å². The number of aryl methyl sites for hydroxylation is 2. The fraction of sp³-hybridized carbons (Fsp3) is 0.280. The molecule has 0 amide bonds. The van der Waals surface area contributed by atoms with Gasteiger partial charge in [-0.2, -0.15) is 0 Å². The number of methoxy groups -OCH3 is 1. The van der Waals surface area contributed by atoms with Crippen LogP contribution in [0.3, 0.4) is 0 Å². The van der Waals surface area contributed by atoms with Gasteiger partial charge in [0.2, 0.25) is 5.78 Å². The van der Waals surface area contributed by atoms with Crippen LogP contribution in [0.2, 0.25) is 0 Å². The number of nitrogens with zero attached hydrogens (tertiary/aromatic N) is 1. The monoisotopic (exact) mass is 405 g/mol. The summed E-state index contributed by atoms with van der Waals surface area (Å²) in [7, 11) is 1.61. The maximum atomic E-state index is 12.6. The number of hydrogen-bond donors (Lipinski definition) is 0. The molecule has 0 aliphatic heterocycles. The Labute approximate surface area is 177 Å². The van der Waals surface area contributed by atoms with Crippen LogP contribution in [0, 0.1) is 13.8 Å². The first-order valence-corrected chi connectivity index (χ1v) is 10.0. The van der Waals surface area contributed by atoms with E-state index in [1.54, 1.807) is 7.11 Å². The van der Waals surface area contributed by atoms with Crippen LogP contribution < -0.4 is 4.74 Å². The quantitative estimate of drug-likeness (QED) is 0.388. The second-order valence-electron chi connectivity index (χ2n) is 7.29. The van der Waals surface area contributed by atoms with E-state index in [1.165, 1.54) is 5.56 Å². The summed E-state index contributed by atoms with van der Waals surface area (Å²) in [5.74, 6) is 0.217. The molecule has 156 valence electrons. The van der Waals surface area contributed by atoms with Gasteiger partial charge in [0.25, 0.3) is 0 Å². The molecule has 0 unspecified atom stereocenters. The first kappa shape index (κ1) is 21.4. The number of rotatable bonds is 9. The minimum Gasteiger partial charge on any atom is -0.497 e. The van der Waals surface area contributed by atoms with E-state index in [9.17, 15) is 9.59 Å². The Hall–Kier alpha value is -3.34. The van der Waals surface area contributed by atoms with Crippen LogP contribution >= 0.6 is 0 Å². The number of aromatic nitrogens is 1. The summed E-state index contributed by atoms with van der Waals surface area (Å²) < 4.78 is 12.5. The molecular weight excluding hydrogens is 378 g/mol. The van der Waals surface area contributed by atoms with Crippen molar-refractivity contribution >= 4 is 11.8 Å². The number of carbonyl (C=O) groups excluding carboxylic acids is 2. The van der Waals surface area contributed by atoms with Gasteiger partial charge >= 0.3 is 5.97 Å². The average Bonchev–Trinajstić information content (AvgIpc) is 3.05. The van der Waals surface area contributed by atoms with E-state index in [0.717, 1.165) is 22.7 Å². The Bertz CT molecular complexity index is 1000. The van der Waals surface area contributed by atoms with E-state index in [4.69, 9.17) is 9.47 Å². The molecule has 5 nitrogen and oxygen atoms in total. The highest BCUT2D eigenvalue weighted by Crippen LogP contribution is 2.18. The highest BCUT2D eigenvalue weighted by Gasteiger charge is 2.17. The molecule has 0 atom stereocenters. The first-order chi connectivity index (χ1) is 14.5. The van der Waals surface area contributed by atoms with Gasteiger partial charge < -0.3 is 14.0 Å². The predicted octanol–water partition coefficient (Wildman–Crippen LogP) is 4.52. The van der Waals surface area contributed by atoms with Crippen LogP contribution in [0.4, 0.5) is 0 Å². The highest BCUT2D eigenvalue weighted by atomic mass is 16.5. The van der Waals surface area contributed by atoms with Crippen molar-refractivity contribution in [2.75, 3.05) is 13.7 Å². The summed E-state index contributed by atoms with van der Waals surface area (Å²) in [5, 5.41) is 0. The molecule has 0 spiro atoms. The topological polar surface area (TPSA) is 57.5 Å². The van der Waals surface area contributed by atoms with Crippen molar-refractivity contribution in [1.82, 2.24) is 4.57 Å². The lowest BCUT2D eigenvalue weighted by molar-refractivity contribution is -0.142. The molecule has 30 heavy (non-hydrogen) atoms. The van der Waals surface area contributed by atoms with Crippen molar-refractivity contribution in [3.8, 4) is 5.75 Å². The van der Waals surface area contributed by atoms with E-state index in [-0.39, 0.29) is 24.8 Å². The van der Waals surface area contributed by atoms with Gasteiger partial charge in [-0.1, -0.05) is 42.5 Å². The molecule has 5 heteroatoms. The van der Waals surface area contributed by atoms with E-state index in [1.807, 2.05) is 62.4 Å². The zero-order valence-electron chi connectivity index (χ0n) is 17.7. The van der Waals surface area contributed by atoms with Crippen molar-refractivity contribution in [3.63, 3.8) is 0 Å². The summed E-state index contributed by atoms with van der Waals surface area (Å²) >= 11 is 0. The van der Waals surface area contributed by atoms with Crippen LogP contribution in [-0.4, -0.2) is 30.0 Å².